The first-order chi connectivity index (χ1) is 8.79. The van der Waals surface area contributed by atoms with Crippen LogP contribution in [-0.2, 0) is 19.1 Å². The summed E-state index contributed by atoms with van der Waals surface area (Å²) in [4.78, 5) is 33.4. The van der Waals surface area contributed by atoms with E-state index in [9.17, 15) is 14.4 Å². The average molecular weight is 275 g/mol. The van der Waals surface area contributed by atoms with Crippen molar-refractivity contribution in [3.63, 3.8) is 0 Å². The van der Waals surface area contributed by atoms with Crippen LogP contribution in [0.1, 0.15) is 13.8 Å². The lowest BCUT2D eigenvalue weighted by Gasteiger charge is -2.15. The van der Waals surface area contributed by atoms with Gasteiger partial charge in [0.15, 0.2) is 6.10 Å². The molecule has 0 rings (SSSR count). The van der Waals surface area contributed by atoms with Crippen LogP contribution < -0.4 is 16.4 Å². The molecule has 0 aliphatic carbocycles. The molecule has 8 heteroatoms. The Labute approximate surface area is 111 Å². The summed E-state index contributed by atoms with van der Waals surface area (Å²) in [5, 5.41) is 13.4. The first-order valence-corrected chi connectivity index (χ1v) is 5.85. The smallest absolute Gasteiger partial charge is 0.334 e. The Hall–Kier alpha value is -1.67. The summed E-state index contributed by atoms with van der Waals surface area (Å²) in [7, 11) is 1.23. The van der Waals surface area contributed by atoms with Crippen LogP contribution >= 0.6 is 0 Å². The number of ether oxygens (including phenoxy) is 1. The van der Waals surface area contributed by atoms with Crippen LogP contribution in [0.4, 0.5) is 0 Å². The summed E-state index contributed by atoms with van der Waals surface area (Å²) < 4.78 is 4.64. The van der Waals surface area contributed by atoms with Gasteiger partial charge < -0.3 is 26.2 Å². The van der Waals surface area contributed by atoms with Gasteiger partial charge in [0.2, 0.25) is 11.8 Å². The van der Waals surface area contributed by atoms with Gasteiger partial charge >= 0.3 is 5.97 Å². The van der Waals surface area contributed by atoms with Crippen molar-refractivity contribution < 1.29 is 24.2 Å². The first kappa shape index (κ1) is 17.3. The Morgan fingerprint density at radius 1 is 1.26 bits per heavy atom. The number of carbonyl (C=O) groups excluding carboxylic acids is 2. The van der Waals surface area contributed by atoms with Gasteiger partial charge in [0.05, 0.1) is 19.1 Å². The highest BCUT2D eigenvalue weighted by Gasteiger charge is 2.19. The molecule has 0 aliphatic heterocycles. The maximum absolute atomic E-state index is 11.5. The fourth-order valence-electron chi connectivity index (χ4n) is 1.13. The van der Waals surface area contributed by atoms with Gasteiger partial charge in [-0.3, -0.25) is 9.59 Å². The molecule has 2 amide bonds. The van der Waals surface area contributed by atoms with Gasteiger partial charge in [0, 0.05) is 7.11 Å². The van der Waals surface area contributed by atoms with E-state index in [1.807, 2.05) is 0 Å². The van der Waals surface area contributed by atoms with Gasteiger partial charge in [0.1, 0.15) is 0 Å². The van der Waals surface area contributed by atoms with Crippen molar-refractivity contribution in [2.24, 2.45) is 11.7 Å². The van der Waals surface area contributed by atoms with Crippen LogP contribution in [0.15, 0.2) is 0 Å². The minimum Gasteiger partial charge on any atom is -0.479 e. The van der Waals surface area contributed by atoms with Crippen molar-refractivity contribution in [1.82, 2.24) is 10.6 Å². The van der Waals surface area contributed by atoms with Crippen LogP contribution in [0.2, 0.25) is 0 Å². The number of nitrogens with two attached hydrogens (primary N) is 1. The van der Waals surface area contributed by atoms with E-state index < -0.39 is 29.9 Å². The maximum Gasteiger partial charge on any atom is 0.334 e. The molecule has 5 N–H and O–H groups in total. The molecule has 0 saturated heterocycles. The van der Waals surface area contributed by atoms with Crippen LogP contribution in [0.5, 0.6) is 0 Å². The van der Waals surface area contributed by atoms with E-state index in [2.05, 4.69) is 15.4 Å². The second kappa shape index (κ2) is 8.44. The number of carboxylic acid groups (broad SMARTS) is 1. The van der Waals surface area contributed by atoms with Crippen LogP contribution in [0.3, 0.4) is 0 Å². The molecule has 0 spiro atoms. The number of hydrogen-bond donors (Lipinski definition) is 4. The number of amides is 2. The Morgan fingerprint density at radius 2 is 1.84 bits per heavy atom. The molecule has 0 aromatic carbocycles. The van der Waals surface area contributed by atoms with Gasteiger partial charge in [-0.25, -0.2) is 4.79 Å². The van der Waals surface area contributed by atoms with E-state index in [0.717, 1.165) is 0 Å². The molecule has 0 aliphatic rings. The zero-order valence-electron chi connectivity index (χ0n) is 11.3. The topological polar surface area (TPSA) is 131 Å². The Bertz CT molecular complexity index is 332. The van der Waals surface area contributed by atoms with Crippen LogP contribution in [0.25, 0.3) is 0 Å². The van der Waals surface area contributed by atoms with Crippen LogP contribution in [0, 0.1) is 5.92 Å². The van der Waals surface area contributed by atoms with E-state index >= 15 is 0 Å². The lowest BCUT2D eigenvalue weighted by Crippen LogP contribution is -2.48. The minimum atomic E-state index is -1.17. The van der Waals surface area contributed by atoms with E-state index in [-0.39, 0.29) is 19.0 Å². The Balaban J connectivity index is 4.00. The number of aliphatic carboxylic acids is 1. The molecule has 19 heavy (non-hydrogen) atoms. The second-order valence-electron chi connectivity index (χ2n) is 4.35. The monoisotopic (exact) mass is 275 g/mol. The predicted molar refractivity (Wildman–Crippen MR) is 67.3 cm³/mol. The summed E-state index contributed by atoms with van der Waals surface area (Å²) >= 11 is 0. The van der Waals surface area contributed by atoms with Crippen molar-refractivity contribution in [1.29, 1.82) is 0 Å². The molecule has 1 unspecified atom stereocenters. The van der Waals surface area contributed by atoms with E-state index in [4.69, 9.17) is 10.8 Å². The number of hydrogen-bond acceptors (Lipinski definition) is 5. The highest BCUT2D eigenvalue weighted by Crippen LogP contribution is 1.97. The Kier molecular flexibility index (Phi) is 7.69. The van der Waals surface area contributed by atoms with Gasteiger partial charge in [0.25, 0.3) is 0 Å². The van der Waals surface area contributed by atoms with Gasteiger partial charge in [-0.1, -0.05) is 13.8 Å². The number of carboxylic acids is 1. The third-order valence-corrected chi connectivity index (χ3v) is 2.49. The summed E-state index contributed by atoms with van der Waals surface area (Å²) in [6.07, 6.45) is -1.11. The third-order valence-electron chi connectivity index (χ3n) is 2.49. The van der Waals surface area contributed by atoms with Crippen LogP contribution in [-0.4, -0.2) is 55.2 Å². The highest BCUT2D eigenvalue weighted by atomic mass is 16.5. The number of methoxy groups -OCH3 is 1. The molecule has 0 heterocycles. The van der Waals surface area contributed by atoms with Crippen molar-refractivity contribution in [3.8, 4) is 0 Å². The molecule has 8 nitrogen and oxygen atoms in total. The number of carbonyl (C=O) groups is 3. The zero-order valence-corrected chi connectivity index (χ0v) is 11.3. The largest absolute Gasteiger partial charge is 0.479 e. The summed E-state index contributed by atoms with van der Waals surface area (Å²) in [5.74, 6) is -2.14. The molecule has 0 radical (unpaired) electrons. The second-order valence-corrected chi connectivity index (χ2v) is 4.35. The van der Waals surface area contributed by atoms with Gasteiger partial charge in [-0.15, -0.1) is 0 Å². The third kappa shape index (κ3) is 6.73. The molecule has 0 fully saturated rings. The molecule has 2 atom stereocenters. The molecule has 110 valence electrons. The normalized spacial score (nSPS) is 13.7. The minimum absolute atomic E-state index is 0.0343. The maximum atomic E-state index is 11.5. The molecule has 0 saturated carbocycles. The zero-order chi connectivity index (χ0) is 15.0. The Morgan fingerprint density at radius 3 is 2.26 bits per heavy atom. The SMILES string of the molecule is COC(CNC(=O)CNC(=O)[C@@H](N)C(C)C)C(=O)O. The molecule has 0 bridgehead atoms. The fraction of sp³-hybridized carbons (Fsp3) is 0.727. The molecule has 0 aromatic heterocycles. The quantitative estimate of drug-likeness (QED) is 0.418. The van der Waals surface area contributed by atoms with E-state index in [1.165, 1.54) is 7.11 Å². The van der Waals surface area contributed by atoms with Gasteiger partial charge in [-0.05, 0) is 5.92 Å². The summed E-state index contributed by atoms with van der Waals surface area (Å²) in [5.41, 5.74) is 5.59. The first-order valence-electron chi connectivity index (χ1n) is 5.85. The lowest BCUT2D eigenvalue weighted by molar-refractivity contribution is -0.148. The molecular weight excluding hydrogens is 254 g/mol. The molecule has 0 aromatic rings. The van der Waals surface area contributed by atoms with Crippen molar-refractivity contribution in [2.45, 2.75) is 26.0 Å². The van der Waals surface area contributed by atoms with E-state index in [1.54, 1.807) is 13.8 Å². The summed E-state index contributed by atoms with van der Waals surface area (Å²) in [6.45, 7) is 3.16. The average Bonchev–Trinajstić information content (AvgIpc) is 2.35. The van der Waals surface area contributed by atoms with Crippen molar-refractivity contribution in [3.05, 3.63) is 0 Å². The van der Waals surface area contributed by atoms with E-state index in [0.29, 0.717) is 0 Å². The standard InChI is InChI=1S/C11H21N3O5/c1-6(2)9(12)10(16)14-5-8(15)13-4-7(19-3)11(17)18/h6-7,9H,4-5,12H2,1-3H3,(H,13,15)(H,14,16)(H,17,18)/t7?,9-/m0/s1. The number of rotatable bonds is 8. The fourth-order valence-corrected chi connectivity index (χ4v) is 1.13. The predicted octanol–water partition coefficient (Wildman–Crippen LogP) is -1.70. The number of nitrogens with one attached hydrogen (secondary N) is 2. The lowest BCUT2D eigenvalue weighted by atomic mass is 10.1. The molecular formula is C11H21N3O5. The highest BCUT2D eigenvalue weighted by molar-refractivity contribution is 5.87. The van der Waals surface area contributed by atoms with Crippen molar-refractivity contribution in [2.75, 3.05) is 20.2 Å². The van der Waals surface area contributed by atoms with Gasteiger partial charge in [-0.2, -0.15) is 0 Å². The summed E-state index contributed by atoms with van der Waals surface area (Å²) in [6, 6.07) is -0.682. The van der Waals surface area contributed by atoms with Crippen molar-refractivity contribution >= 4 is 17.8 Å².